The molecule has 145 heavy (non-hydrogen) atoms. The fourth-order valence-corrected chi connectivity index (χ4v) is 35.0. The molecule has 1 saturated heterocycles. The summed E-state index contributed by atoms with van der Waals surface area (Å²) in [4.78, 5) is 23.0. The number of ether oxygens (including phenoxy) is 2. The molecule has 2 heterocycles. The van der Waals surface area contributed by atoms with Gasteiger partial charge in [-0.3, -0.25) is 23.1 Å². The average Bonchev–Trinajstić information content (AvgIpc) is 1.61. The van der Waals surface area contributed by atoms with Gasteiger partial charge in [-0.05, 0) is 150 Å². The molecule has 0 radical (unpaired) electrons. The van der Waals surface area contributed by atoms with Gasteiger partial charge < -0.3 is 19.0 Å². The van der Waals surface area contributed by atoms with Crippen molar-refractivity contribution in [2.45, 2.75) is 226 Å². The second-order valence-corrected chi connectivity index (χ2v) is 66.1. The number of aryl methyl sites for hydroxylation is 2. The molecule has 0 amide bonds. The van der Waals surface area contributed by atoms with Gasteiger partial charge in [0.1, 0.15) is 37.6 Å². The van der Waals surface area contributed by atoms with Crippen molar-refractivity contribution in [3.05, 3.63) is 403 Å². The van der Waals surface area contributed by atoms with Crippen LogP contribution >= 0.6 is 64.7 Å². The van der Waals surface area contributed by atoms with Crippen molar-refractivity contribution in [1.82, 2.24) is 0 Å². The Balaban J connectivity index is 0.000000423. The minimum Gasteiger partial charge on any atom is -1.00 e. The number of hydrogen-bond acceptors (Lipinski definition) is 7. The number of fused-ring (bicyclic) bond motifs is 1. The van der Waals surface area contributed by atoms with Crippen molar-refractivity contribution in [2.24, 2.45) is 10.8 Å². The number of anilines is 1. The Hall–Kier alpha value is -7.42. The van der Waals surface area contributed by atoms with Gasteiger partial charge in [-0.2, -0.15) is 4.58 Å². The van der Waals surface area contributed by atoms with Crippen LogP contribution in [0.25, 0.3) is 16.3 Å². The van der Waals surface area contributed by atoms with Gasteiger partial charge >= 0.3 is 284 Å². The van der Waals surface area contributed by atoms with Crippen LogP contribution in [0.4, 0.5) is 35.7 Å². The van der Waals surface area contributed by atoms with E-state index in [4.69, 9.17) is 52.9 Å². The molecule has 1 aliphatic carbocycles. The van der Waals surface area contributed by atoms with Gasteiger partial charge in [0.2, 0.25) is 5.69 Å². The molecule has 0 aromatic heterocycles. The maximum atomic E-state index is 10.7. The van der Waals surface area contributed by atoms with E-state index in [0.29, 0.717) is 28.9 Å². The van der Waals surface area contributed by atoms with E-state index in [1.54, 1.807) is 22.8 Å². The van der Waals surface area contributed by atoms with Gasteiger partial charge in [0.15, 0.2) is 11.8 Å². The largest absolute Gasteiger partial charge is 1.00 e. The molecule has 11 nitrogen and oxygen atoms in total. The Kier molecular flexibility index (Phi) is 57.8. The third-order valence-corrected chi connectivity index (χ3v) is 37.8. The van der Waals surface area contributed by atoms with Crippen molar-refractivity contribution in [3.63, 3.8) is 0 Å². The van der Waals surface area contributed by atoms with E-state index in [-0.39, 0.29) is 76.5 Å². The number of nitrogens with zero attached hydrogens (tertiary/aromatic N) is 5. The summed E-state index contributed by atoms with van der Waals surface area (Å²) in [6, 6.07) is 106. The van der Waals surface area contributed by atoms with Crippen molar-refractivity contribution >= 4 is 170 Å². The van der Waals surface area contributed by atoms with Crippen LogP contribution in [0.15, 0.2) is 322 Å². The zero-order chi connectivity index (χ0) is 106. The summed E-state index contributed by atoms with van der Waals surface area (Å²) < 4.78 is 50.2. The fourth-order valence-electron chi connectivity index (χ4n) is 17.5. The van der Waals surface area contributed by atoms with Gasteiger partial charge in [0.05, 0.1) is 26.9 Å². The van der Waals surface area contributed by atoms with Crippen LogP contribution in [0.1, 0.15) is 200 Å². The predicted molar refractivity (Wildman–Crippen MR) is 618 cm³/mol. The van der Waals surface area contributed by atoms with E-state index in [0.717, 1.165) is 9.67 Å². The standard InChI is InChI=1S/2C18H28N.2C18H15P.C15H10.C12H15NO3.C10H11NO3.C6H18NSi2.CH4.BF3.5ClH.Cu.FH.Li.2Ru/c2*1-13(2)15-10-8-9-14(3)16(15)19-12-17(4,5)11-18(19,6)7;2*1-4-10-16(11-5-1)19(17-12-6-2-7-13-17)18-14-8-3-9-15-18;1-2-6-12(7-3-1)15-11-10-13-8-4-5-9-14(13)15;1-4-5-10-8-11(13(14)15)6-7-12(10)16-9(2)3;1-7(2)14-10-5-4-9(11(12)13)6-8(10)3;1-8(2,3)7-9(4,5)6;;2-1(3)4;;;;;;;;;;/h2*8-10,12-13H,11H2,1-7H3;2*1-15H;1-9,11H;4-9H,1-3H3;3-7H,1-2H3;1-6H3;1H4;;5*1H;;1H;;;/q-1;+1;;;;;;-1;;;;;;;;+1;;+1;2*+2/p-4. The molecule has 0 unspecified atom stereocenters. The van der Waals surface area contributed by atoms with Crippen LogP contribution in [0.2, 0.25) is 39.3 Å². The second-order valence-electron chi connectivity index (χ2n) is 40.0. The van der Waals surface area contributed by atoms with E-state index >= 15 is 0 Å². The first-order valence-corrected chi connectivity index (χ1v) is 69.3. The van der Waals surface area contributed by atoms with E-state index < -0.39 is 76.7 Å². The Bertz CT molecular complexity index is 5810. The van der Waals surface area contributed by atoms with Crippen molar-refractivity contribution in [1.29, 1.82) is 0 Å². The number of benzene rings is 12. The van der Waals surface area contributed by atoms with Crippen LogP contribution in [0.3, 0.4) is 0 Å². The molecule has 0 saturated carbocycles. The van der Waals surface area contributed by atoms with Crippen LogP contribution in [0, 0.1) is 51.5 Å². The van der Waals surface area contributed by atoms with Gasteiger partial charge in [-0.15, -0.1) is 5.41 Å². The summed E-state index contributed by atoms with van der Waals surface area (Å²) in [5.41, 5.74) is 15.7. The Labute approximate surface area is 920 Å². The normalized spacial score (nSPS) is 13.7. The SMILES string of the molecule is C.CC(C)Oc1ccc([N+](=O)[O-])cc1[CH]=[Ru]([Cl])[Cl].CC=Cc1cc([N+](=O)[O-])ccc1OC(C)C.C[Si](C)(C)[N-][Si](C)(C)C.Cc1cccc(C(C)C)c1N1[CH-]C(C)(C)CC1(C)C.Cc1cccc(C(C)C)c1[N+]1=CC(C)(C)CC1(C)C.FB(F)F.[Cl][Cu].[Cl][Ru]([Cl])=[C]1C=C(c2ccccc2)c2ccccc21.[F-].[Li+].c1ccc([PH+](c2ccccc2)c2ccccc2)cc1.c1ccc([PH+](c2ccccc2)c2ccccc2)cc1. The molecule has 0 N–H and O–H groups in total. The minimum atomic E-state index is -3.67. The summed E-state index contributed by atoms with van der Waals surface area (Å²) >= 11 is -0.267. The zero-order valence-corrected chi connectivity index (χ0v) is 100. The number of halogens is 9. The second kappa shape index (κ2) is 63.7. The van der Waals surface area contributed by atoms with E-state index in [2.05, 4.69) is 438 Å². The molecule has 15 rings (SSSR count). The molecular weight excluding hydrogens is 2210 g/mol. The summed E-state index contributed by atoms with van der Waals surface area (Å²) in [5.74, 6) is 2.34. The first-order chi connectivity index (χ1) is 66.8. The van der Waals surface area contributed by atoms with Crippen LogP contribution < -0.4 is 69.8 Å². The number of non-ortho nitro benzene ring substituents is 2. The molecule has 0 spiro atoms. The van der Waals surface area contributed by atoms with Gasteiger partial charge in [-0.1, -0.05) is 283 Å². The quantitative estimate of drug-likeness (QED) is 0.0133. The van der Waals surface area contributed by atoms with Crippen LogP contribution in [-0.4, -0.2) is 76.7 Å². The number of nitro groups is 2. The third-order valence-electron chi connectivity index (χ3n) is 22.0. The van der Waals surface area contributed by atoms with Gasteiger partial charge in [0, 0.05) is 65.7 Å². The molecule has 0 bridgehead atoms. The van der Waals surface area contributed by atoms with E-state index in [1.807, 2.05) is 65.0 Å². The first-order valence-electron chi connectivity index (χ1n) is 47.3. The van der Waals surface area contributed by atoms with Crippen LogP contribution in [0.5, 0.6) is 11.5 Å². The summed E-state index contributed by atoms with van der Waals surface area (Å²) in [6.07, 6.45) is 10.6. The topological polar surface area (TPSA) is 125 Å². The van der Waals surface area contributed by atoms with Crippen molar-refractivity contribution < 1.29 is 103 Å². The van der Waals surface area contributed by atoms with Crippen molar-refractivity contribution in [2.75, 3.05) is 4.90 Å². The summed E-state index contributed by atoms with van der Waals surface area (Å²) in [7, 11) is 20.5. The molecule has 782 valence electrons. The predicted octanol–water partition coefficient (Wildman–Crippen LogP) is 27.4. The van der Waals surface area contributed by atoms with E-state index in [1.165, 1.54) is 125 Å². The molecule has 12 aromatic carbocycles. The number of allylic oxidation sites excluding steroid dienone is 2. The molecule has 2 aliphatic heterocycles. The average molecular weight is 2360 g/mol. The smallest absolute Gasteiger partial charge is 1.00 e. The number of hydrogen-bond donors (Lipinski definition) is 0. The zero-order valence-electron chi connectivity index (χ0n) is 87.8. The summed E-state index contributed by atoms with van der Waals surface area (Å²) in [6.45, 7) is 58.0. The van der Waals surface area contributed by atoms with Crippen LogP contribution in [-0.2, 0) is 42.1 Å². The minimum absolute atomic E-state index is 0. The Morgan fingerprint density at radius 1 is 0.503 bits per heavy atom. The molecule has 0 atom stereocenters. The molecule has 3 aliphatic rings. The maximum absolute atomic E-state index is 10.7. The fraction of sp³-hybridized carbons (Fsp3) is 0.310. The number of para-hydroxylation sites is 2. The molecular formula is C116H146BCl5CuF4LiN5O6P2Ru2Si2+. The van der Waals surface area contributed by atoms with Gasteiger partial charge in [-0.25, -0.2) is 6.54 Å². The molecule has 29 heteroatoms. The van der Waals surface area contributed by atoms with E-state index in [9.17, 15) is 33.2 Å². The Morgan fingerprint density at radius 2 is 0.848 bits per heavy atom. The van der Waals surface area contributed by atoms with Crippen molar-refractivity contribution in [3.8, 4) is 11.5 Å². The molecule has 1 fully saturated rings. The summed E-state index contributed by atoms with van der Waals surface area (Å²) in [5, 5.41) is 29.9. The Morgan fingerprint density at radius 3 is 1.16 bits per heavy atom. The number of rotatable bonds is 21. The monoisotopic (exact) mass is 2360 g/mol. The first kappa shape index (κ1) is 132. The van der Waals surface area contributed by atoms with Gasteiger partial charge in [0.25, 0.3) is 5.69 Å². The molecule has 12 aromatic rings. The number of nitro benzene ring substituents is 2. The maximum Gasteiger partial charge on any atom is 1.00 e. The third kappa shape index (κ3) is 44.2.